The van der Waals surface area contributed by atoms with E-state index >= 15 is 0 Å². The molecule has 0 saturated carbocycles. The Hall–Kier alpha value is -1.40. The van der Waals surface area contributed by atoms with Crippen LogP contribution in [-0.2, 0) is 13.6 Å². The Morgan fingerprint density at radius 1 is 1.28 bits per heavy atom. The van der Waals surface area contributed by atoms with Crippen molar-refractivity contribution in [1.29, 1.82) is 0 Å². The molecule has 1 N–H and O–H groups in total. The zero-order chi connectivity index (χ0) is 13.5. The lowest BCUT2D eigenvalue weighted by atomic mass is 10.4. The summed E-state index contributed by atoms with van der Waals surface area (Å²) in [5.41, 5.74) is -0.509. The first kappa shape index (κ1) is 14.7. The first-order valence-corrected chi connectivity index (χ1v) is 6.14. The van der Waals surface area contributed by atoms with Gasteiger partial charge in [0.25, 0.3) is 5.56 Å². The molecule has 0 unspecified atom stereocenters. The summed E-state index contributed by atoms with van der Waals surface area (Å²) in [6.07, 6.45) is 2.54. The Labute approximate surface area is 107 Å². The number of hydrogen-bond donors (Lipinski definition) is 1. The second-order valence-corrected chi connectivity index (χ2v) is 4.61. The Morgan fingerprint density at radius 3 is 2.67 bits per heavy atom. The van der Waals surface area contributed by atoms with E-state index in [-0.39, 0.29) is 11.2 Å². The third-order valence-electron chi connectivity index (χ3n) is 2.71. The lowest BCUT2D eigenvalue weighted by molar-refractivity contribution is 0.392. The van der Waals surface area contributed by atoms with Crippen molar-refractivity contribution in [2.75, 3.05) is 33.7 Å². The summed E-state index contributed by atoms with van der Waals surface area (Å²) in [7, 11) is 5.71. The van der Waals surface area contributed by atoms with Gasteiger partial charge >= 0.3 is 5.69 Å². The van der Waals surface area contributed by atoms with Crippen molar-refractivity contribution >= 4 is 0 Å². The van der Waals surface area contributed by atoms with Crippen molar-refractivity contribution in [2.24, 2.45) is 7.05 Å². The summed E-state index contributed by atoms with van der Waals surface area (Å²) in [4.78, 5) is 25.3. The molecule has 1 rings (SSSR count). The molecule has 0 atom stereocenters. The molecule has 0 fully saturated rings. The molecule has 1 aromatic heterocycles. The third-order valence-corrected chi connectivity index (χ3v) is 2.71. The number of rotatable bonds is 7. The van der Waals surface area contributed by atoms with Gasteiger partial charge in [0.05, 0.1) is 0 Å². The molecule has 102 valence electrons. The molecule has 6 nitrogen and oxygen atoms in total. The highest BCUT2D eigenvalue weighted by molar-refractivity contribution is 4.85. The molecule has 0 aliphatic heterocycles. The zero-order valence-corrected chi connectivity index (χ0v) is 11.3. The molecule has 0 aliphatic carbocycles. The predicted octanol–water partition coefficient (Wildman–Crippen LogP) is -0.912. The molecule has 0 aromatic carbocycles. The van der Waals surface area contributed by atoms with Crippen molar-refractivity contribution in [3.05, 3.63) is 33.1 Å². The van der Waals surface area contributed by atoms with Crippen LogP contribution in [0, 0.1) is 0 Å². The standard InChI is InChI=1S/C12H22N4O2/c1-14(2)8-4-6-13-7-10-16-11(17)5-9-15(3)12(16)18/h5,9,13H,4,6-8,10H2,1-3H3. The number of hydrogen-bond acceptors (Lipinski definition) is 4. The van der Waals surface area contributed by atoms with Crippen molar-refractivity contribution in [3.63, 3.8) is 0 Å². The molecule has 1 aromatic rings. The van der Waals surface area contributed by atoms with Crippen LogP contribution in [0.15, 0.2) is 21.9 Å². The average Bonchev–Trinajstić information content (AvgIpc) is 2.32. The van der Waals surface area contributed by atoms with E-state index in [1.165, 1.54) is 21.4 Å². The minimum absolute atomic E-state index is 0.242. The van der Waals surface area contributed by atoms with Crippen molar-refractivity contribution < 1.29 is 0 Å². The van der Waals surface area contributed by atoms with E-state index in [1.54, 1.807) is 7.05 Å². The fourth-order valence-corrected chi connectivity index (χ4v) is 1.66. The molecule has 6 heteroatoms. The fourth-order valence-electron chi connectivity index (χ4n) is 1.66. The van der Waals surface area contributed by atoms with Gasteiger partial charge in [-0.1, -0.05) is 0 Å². The number of aryl methyl sites for hydroxylation is 1. The van der Waals surface area contributed by atoms with Gasteiger partial charge in [-0.2, -0.15) is 0 Å². The van der Waals surface area contributed by atoms with Crippen molar-refractivity contribution in [2.45, 2.75) is 13.0 Å². The monoisotopic (exact) mass is 254 g/mol. The number of nitrogens with zero attached hydrogens (tertiary/aromatic N) is 3. The molecule has 0 bridgehead atoms. The van der Waals surface area contributed by atoms with Crippen LogP contribution in [0.1, 0.15) is 6.42 Å². The quantitative estimate of drug-likeness (QED) is 0.640. The first-order chi connectivity index (χ1) is 8.52. The van der Waals surface area contributed by atoms with E-state index in [4.69, 9.17) is 0 Å². The van der Waals surface area contributed by atoms with Gasteiger partial charge in [-0.15, -0.1) is 0 Å². The summed E-state index contributed by atoms with van der Waals surface area (Å²) in [6, 6.07) is 1.41. The Morgan fingerprint density at radius 2 is 2.00 bits per heavy atom. The maximum Gasteiger partial charge on any atom is 0.330 e. The van der Waals surface area contributed by atoms with Crippen LogP contribution in [0.4, 0.5) is 0 Å². The van der Waals surface area contributed by atoms with Gasteiger partial charge in [-0.3, -0.25) is 9.36 Å². The van der Waals surface area contributed by atoms with Crippen LogP contribution >= 0.6 is 0 Å². The highest BCUT2D eigenvalue weighted by Gasteiger charge is 2.01. The van der Waals surface area contributed by atoms with Crippen molar-refractivity contribution in [1.82, 2.24) is 19.4 Å². The maximum absolute atomic E-state index is 11.7. The van der Waals surface area contributed by atoms with Crippen LogP contribution < -0.4 is 16.6 Å². The lowest BCUT2D eigenvalue weighted by Crippen LogP contribution is -2.40. The van der Waals surface area contributed by atoms with Crippen LogP contribution in [-0.4, -0.2) is 47.8 Å². The van der Waals surface area contributed by atoms with Crippen molar-refractivity contribution in [3.8, 4) is 0 Å². The van der Waals surface area contributed by atoms with Crippen LogP contribution in [0.3, 0.4) is 0 Å². The van der Waals surface area contributed by atoms with E-state index in [0.717, 1.165) is 19.5 Å². The molecular weight excluding hydrogens is 232 g/mol. The molecular formula is C12H22N4O2. The Kier molecular flexibility index (Phi) is 5.80. The topological polar surface area (TPSA) is 59.3 Å². The third kappa shape index (κ3) is 4.46. The Balaban J connectivity index is 2.38. The molecule has 0 saturated heterocycles. The minimum atomic E-state index is -0.266. The second kappa shape index (κ2) is 7.13. The van der Waals surface area contributed by atoms with Gasteiger partial charge in [0.1, 0.15) is 0 Å². The van der Waals surface area contributed by atoms with E-state index in [0.29, 0.717) is 13.1 Å². The van der Waals surface area contributed by atoms with Crippen LogP contribution in [0.25, 0.3) is 0 Å². The van der Waals surface area contributed by atoms with E-state index in [9.17, 15) is 9.59 Å². The zero-order valence-electron chi connectivity index (χ0n) is 11.3. The van der Waals surface area contributed by atoms with E-state index < -0.39 is 0 Å². The van der Waals surface area contributed by atoms with Gasteiger partial charge in [-0.25, -0.2) is 4.79 Å². The second-order valence-electron chi connectivity index (χ2n) is 4.61. The molecule has 0 aliphatic rings. The summed E-state index contributed by atoms with van der Waals surface area (Å²) in [5, 5.41) is 3.23. The predicted molar refractivity (Wildman–Crippen MR) is 72.0 cm³/mol. The van der Waals surface area contributed by atoms with Gasteiger partial charge < -0.3 is 14.8 Å². The summed E-state index contributed by atoms with van der Waals surface area (Å²) in [6.45, 7) is 2.96. The first-order valence-electron chi connectivity index (χ1n) is 6.14. The lowest BCUT2D eigenvalue weighted by Gasteiger charge is -2.10. The highest BCUT2D eigenvalue weighted by Crippen LogP contribution is 1.81. The molecule has 0 amide bonds. The van der Waals surface area contributed by atoms with Crippen LogP contribution in [0.5, 0.6) is 0 Å². The Bertz CT molecular complexity index is 476. The van der Waals surface area contributed by atoms with Gasteiger partial charge in [0.15, 0.2) is 0 Å². The number of aromatic nitrogens is 2. The smallest absolute Gasteiger partial charge is 0.315 e. The fraction of sp³-hybridized carbons (Fsp3) is 0.667. The summed E-state index contributed by atoms with van der Waals surface area (Å²) in [5.74, 6) is 0. The van der Waals surface area contributed by atoms with Gasteiger partial charge in [0.2, 0.25) is 0 Å². The minimum Gasteiger partial charge on any atom is -0.315 e. The normalized spacial score (nSPS) is 11.1. The SMILES string of the molecule is CN(C)CCCNCCn1c(=O)ccn(C)c1=O. The largest absolute Gasteiger partial charge is 0.330 e. The molecule has 1 heterocycles. The van der Waals surface area contributed by atoms with Gasteiger partial charge in [-0.05, 0) is 33.6 Å². The average molecular weight is 254 g/mol. The number of nitrogens with one attached hydrogen (secondary N) is 1. The van der Waals surface area contributed by atoms with Crippen LogP contribution in [0.2, 0.25) is 0 Å². The molecule has 0 spiro atoms. The molecule has 0 radical (unpaired) electrons. The summed E-state index contributed by atoms with van der Waals surface area (Å²) < 4.78 is 2.66. The van der Waals surface area contributed by atoms with E-state index in [1.807, 2.05) is 14.1 Å². The molecule has 18 heavy (non-hydrogen) atoms. The highest BCUT2D eigenvalue weighted by atomic mass is 16.2. The summed E-state index contributed by atoms with van der Waals surface area (Å²) >= 11 is 0. The van der Waals surface area contributed by atoms with Gasteiger partial charge in [0, 0.05) is 32.4 Å². The maximum atomic E-state index is 11.7. The van der Waals surface area contributed by atoms with E-state index in [2.05, 4.69) is 10.2 Å².